The minimum atomic E-state index is 0. The Kier molecular flexibility index (Phi) is 7.29. The fourth-order valence-corrected chi connectivity index (χ4v) is 2.50. The number of hydrogen-bond acceptors (Lipinski definition) is 0. The van der Waals surface area contributed by atoms with E-state index in [1.807, 2.05) is 6.07 Å². The molecule has 0 aliphatic carbocycles. The van der Waals surface area contributed by atoms with Crippen molar-refractivity contribution in [1.29, 1.82) is 0 Å². The molecule has 0 saturated heterocycles. The number of benzene rings is 3. The van der Waals surface area contributed by atoms with E-state index in [1.54, 1.807) is 0 Å². The van der Waals surface area contributed by atoms with Gasteiger partial charge in [-0.15, -0.1) is 0 Å². The van der Waals surface area contributed by atoms with Crippen LogP contribution in [-0.4, -0.2) is 13.1 Å². The molecule has 0 saturated carbocycles. The summed E-state index contributed by atoms with van der Waals surface area (Å²) in [6.45, 7) is 1.75. The van der Waals surface area contributed by atoms with Crippen LogP contribution < -0.4 is 22.3 Å². The average Bonchev–Trinajstić information content (AvgIpc) is 2.62. The molecule has 0 bridgehead atoms. The maximum atomic E-state index is 3.29. The monoisotopic (exact) mass is 377 g/mol. The Balaban J connectivity index is 0.00000208. The van der Waals surface area contributed by atoms with Gasteiger partial charge in [0, 0.05) is 5.56 Å². The van der Waals surface area contributed by atoms with Gasteiger partial charge in [0.1, 0.15) is 6.54 Å². The molecule has 3 aromatic rings. The normalized spacial score (nSPS) is 10.2. The number of halogens is 1. The molecule has 0 aliphatic heterocycles. The molecule has 1 nitrogen and oxygen atoms in total. The van der Waals surface area contributed by atoms with E-state index < -0.39 is 0 Å². The van der Waals surface area contributed by atoms with E-state index in [2.05, 4.69) is 96.0 Å². The highest BCUT2D eigenvalue weighted by Crippen LogP contribution is 2.17. The fraction of sp³-hybridized carbons (Fsp3) is 0.0909. The van der Waals surface area contributed by atoms with Gasteiger partial charge < -0.3 is 22.3 Å². The Labute approximate surface area is 154 Å². The van der Waals surface area contributed by atoms with Gasteiger partial charge in [-0.2, -0.15) is 0 Å². The summed E-state index contributed by atoms with van der Waals surface area (Å²) in [5, 5.41) is 4.68. The largest absolute Gasteiger partial charge is 1.00 e. The lowest BCUT2D eigenvalue weighted by Crippen LogP contribution is -3.00. The summed E-state index contributed by atoms with van der Waals surface area (Å²) < 4.78 is 0. The van der Waals surface area contributed by atoms with E-state index in [4.69, 9.17) is 0 Å². The first-order chi connectivity index (χ1) is 11.4. The Hall–Kier alpha value is -2.34. The van der Waals surface area contributed by atoms with Gasteiger partial charge in [0.15, 0.2) is 0 Å². The van der Waals surface area contributed by atoms with Crippen LogP contribution in [0.4, 0.5) is 0 Å². The Morgan fingerprint density at radius 2 is 1.58 bits per heavy atom. The molecule has 0 aromatic heterocycles. The molecule has 24 heavy (non-hydrogen) atoms. The lowest BCUT2D eigenvalue weighted by Gasteiger charge is -1.99. The second kappa shape index (κ2) is 9.72. The number of hydrogen-bond donors (Lipinski definition) is 1. The molecular weight excluding hydrogens is 358 g/mol. The summed E-state index contributed by atoms with van der Waals surface area (Å²) in [4.78, 5) is 0. The van der Waals surface area contributed by atoms with Crippen molar-refractivity contribution in [3.8, 4) is 11.8 Å². The average molecular weight is 378 g/mol. The first kappa shape index (κ1) is 18.0. The summed E-state index contributed by atoms with van der Waals surface area (Å²) in [7, 11) is 0. The molecule has 0 amide bonds. The molecule has 0 aliphatic rings. The summed E-state index contributed by atoms with van der Waals surface area (Å²) in [6, 6.07) is 25.0. The fourth-order valence-electron chi connectivity index (χ4n) is 2.50. The number of quaternary nitrogens is 1. The lowest BCUT2D eigenvalue weighted by atomic mass is 10.1. The second-order valence-corrected chi connectivity index (χ2v) is 5.37. The third-order valence-electron chi connectivity index (χ3n) is 3.67. The topological polar surface area (TPSA) is 16.6 Å². The summed E-state index contributed by atoms with van der Waals surface area (Å²) in [6.07, 6.45) is 4.32. The molecular formula is C22H20BrN. The zero-order valence-electron chi connectivity index (χ0n) is 13.5. The van der Waals surface area contributed by atoms with E-state index in [9.17, 15) is 0 Å². The van der Waals surface area contributed by atoms with Crippen molar-refractivity contribution in [1.82, 2.24) is 0 Å². The van der Waals surface area contributed by atoms with E-state index in [0.29, 0.717) is 0 Å². The van der Waals surface area contributed by atoms with Crippen LogP contribution in [0, 0.1) is 11.8 Å². The van der Waals surface area contributed by atoms with Crippen molar-refractivity contribution < 1.29 is 22.3 Å². The van der Waals surface area contributed by atoms with Gasteiger partial charge in [-0.3, -0.25) is 0 Å². The summed E-state index contributed by atoms with van der Waals surface area (Å²) in [5.74, 6) is 6.54. The third kappa shape index (κ3) is 5.09. The quantitative estimate of drug-likeness (QED) is 0.502. The van der Waals surface area contributed by atoms with Crippen LogP contribution >= 0.6 is 0 Å². The highest BCUT2D eigenvalue weighted by Gasteiger charge is 1.95. The third-order valence-corrected chi connectivity index (χ3v) is 3.67. The minimum absolute atomic E-state index is 0. The van der Waals surface area contributed by atoms with Crippen LogP contribution in [0.2, 0.25) is 0 Å². The Bertz CT molecular complexity index is 852. The molecule has 3 rings (SSSR count). The zero-order valence-corrected chi connectivity index (χ0v) is 15.0. The maximum Gasteiger partial charge on any atom is 0.138 e. The van der Waals surface area contributed by atoms with Crippen molar-refractivity contribution in [3.63, 3.8) is 0 Å². The van der Waals surface area contributed by atoms with Gasteiger partial charge in [0.25, 0.3) is 0 Å². The van der Waals surface area contributed by atoms with Crippen molar-refractivity contribution in [2.24, 2.45) is 0 Å². The first-order valence-electron chi connectivity index (χ1n) is 7.93. The molecule has 0 heterocycles. The van der Waals surface area contributed by atoms with E-state index in [1.165, 1.54) is 16.3 Å². The van der Waals surface area contributed by atoms with Crippen molar-refractivity contribution in [3.05, 3.63) is 90.0 Å². The van der Waals surface area contributed by atoms with Gasteiger partial charge in [0.05, 0.1) is 6.54 Å². The molecule has 0 radical (unpaired) electrons. The van der Waals surface area contributed by atoms with E-state index in [-0.39, 0.29) is 17.0 Å². The Morgan fingerprint density at radius 3 is 2.46 bits per heavy atom. The minimum Gasteiger partial charge on any atom is -1.00 e. The van der Waals surface area contributed by atoms with Crippen LogP contribution in [0.15, 0.2) is 78.9 Å². The highest BCUT2D eigenvalue weighted by molar-refractivity contribution is 5.88. The standard InChI is InChI=1S/C22H19N.BrH/c1-2-9-19(10-3-1)11-7-17-23-18-8-15-21-14-6-13-20-12-4-5-16-22(20)21;/h1-7,9-14,16,23H,17-18H2;1H. The summed E-state index contributed by atoms with van der Waals surface area (Å²) >= 11 is 0. The SMILES string of the molecule is C(#Cc1cccc2ccccc12)C[NH2+]CC=Cc1ccccc1.[Br-]. The summed E-state index contributed by atoms with van der Waals surface area (Å²) in [5.41, 5.74) is 2.35. The molecule has 0 unspecified atom stereocenters. The lowest BCUT2D eigenvalue weighted by molar-refractivity contribution is -0.634. The molecule has 120 valence electrons. The molecule has 2 N–H and O–H groups in total. The van der Waals surface area contributed by atoms with Crippen LogP contribution in [0.5, 0.6) is 0 Å². The molecule has 3 aromatic carbocycles. The van der Waals surface area contributed by atoms with Gasteiger partial charge in [-0.1, -0.05) is 78.7 Å². The van der Waals surface area contributed by atoms with Crippen LogP contribution in [0.3, 0.4) is 0 Å². The van der Waals surface area contributed by atoms with Crippen LogP contribution in [0.25, 0.3) is 16.8 Å². The van der Waals surface area contributed by atoms with Crippen molar-refractivity contribution >= 4 is 16.8 Å². The second-order valence-electron chi connectivity index (χ2n) is 5.37. The smallest absolute Gasteiger partial charge is 0.138 e. The number of nitrogens with two attached hydrogens (primary N) is 1. The van der Waals surface area contributed by atoms with Gasteiger partial charge in [-0.05, 0) is 34.4 Å². The predicted octanol–water partition coefficient (Wildman–Crippen LogP) is 0.472. The molecule has 0 fully saturated rings. The maximum absolute atomic E-state index is 3.29. The van der Waals surface area contributed by atoms with E-state index >= 15 is 0 Å². The zero-order chi connectivity index (χ0) is 15.7. The van der Waals surface area contributed by atoms with Gasteiger partial charge >= 0.3 is 0 Å². The Morgan fingerprint density at radius 1 is 0.833 bits per heavy atom. The van der Waals surface area contributed by atoms with Gasteiger partial charge in [-0.25, -0.2) is 0 Å². The number of rotatable bonds is 4. The van der Waals surface area contributed by atoms with Crippen molar-refractivity contribution in [2.45, 2.75) is 0 Å². The predicted molar refractivity (Wildman–Crippen MR) is 98.0 cm³/mol. The molecule has 0 spiro atoms. The highest BCUT2D eigenvalue weighted by atomic mass is 79.9. The molecule has 2 heteroatoms. The van der Waals surface area contributed by atoms with Crippen LogP contribution in [0.1, 0.15) is 11.1 Å². The van der Waals surface area contributed by atoms with Crippen LogP contribution in [-0.2, 0) is 0 Å². The van der Waals surface area contributed by atoms with Crippen molar-refractivity contribution in [2.75, 3.05) is 13.1 Å². The van der Waals surface area contributed by atoms with E-state index in [0.717, 1.165) is 18.7 Å². The number of fused-ring (bicyclic) bond motifs is 1. The van der Waals surface area contributed by atoms with Gasteiger partial charge in [0.2, 0.25) is 0 Å². The molecule has 0 atom stereocenters. The first-order valence-corrected chi connectivity index (χ1v) is 7.93.